The van der Waals surface area contributed by atoms with Gasteiger partial charge in [0, 0.05) is 44.3 Å². The molecule has 1 unspecified atom stereocenters. The monoisotopic (exact) mass is 238 g/mol. The highest BCUT2D eigenvalue weighted by molar-refractivity contribution is 5.94. The third-order valence-corrected chi connectivity index (χ3v) is 3.70. The predicted molar refractivity (Wildman–Crippen MR) is 66.7 cm³/mol. The first-order valence-corrected chi connectivity index (χ1v) is 6.48. The van der Waals surface area contributed by atoms with Gasteiger partial charge in [-0.1, -0.05) is 0 Å². The lowest BCUT2D eigenvalue weighted by Crippen LogP contribution is -2.40. The van der Waals surface area contributed by atoms with Gasteiger partial charge in [0.05, 0.1) is 6.61 Å². The van der Waals surface area contributed by atoms with E-state index in [9.17, 15) is 4.79 Å². The summed E-state index contributed by atoms with van der Waals surface area (Å²) < 4.78 is 5.36. The standard InChI is InChI=1S/C13H22N2O2/c1-3-15(8-11-4-5-17-9-11)13(16)10(2)12-6-14-7-12/h11,14H,3-9H2,1-2H3. The van der Waals surface area contributed by atoms with Gasteiger partial charge in [-0.3, -0.25) is 4.79 Å². The van der Waals surface area contributed by atoms with Crippen LogP contribution in [-0.2, 0) is 9.53 Å². The molecule has 1 atom stereocenters. The maximum absolute atomic E-state index is 12.3. The van der Waals surface area contributed by atoms with Crippen LogP contribution < -0.4 is 5.32 Å². The number of likely N-dealkylation sites (N-methyl/N-ethyl adjacent to an activating group) is 1. The summed E-state index contributed by atoms with van der Waals surface area (Å²) in [5, 5.41) is 3.18. The average molecular weight is 238 g/mol. The lowest BCUT2D eigenvalue weighted by Gasteiger charge is -2.27. The number of nitrogens with zero attached hydrogens (tertiary/aromatic N) is 1. The molecular weight excluding hydrogens is 216 g/mol. The van der Waals surface area contributed by atoms with Crippen molar-refractivity contribution in [1.82, 2.24) is 10.2 Å². The lowest BCUT2D eigenvalue weighted by molar-refractivity contribution is -0.127. The fourth-order valence-electron chi connectivity index (χ4n) is 2.30. The number of nitrogens with one attached hydrogen (secondary N) is 1. The van der Waals surface area contributed by atoms with E-state index in [4.69, 9.17) is 4.74 Å². The largest absolute Gasteiger partial charge is 0.381 e. The van der Waals surface area contributed by atoms with E-state index in [-0.39, 0.29) is 5.91 Å². The number of carbonyl (C=O) groups excluding carboxylic acids is 1. The minimum atomic E-state index is 0.205. The van der Waals surface area contributed by atoms with E-state index in [1.54, 1.807) is 0 Å². The summed E-state index contributed by atoms with van der Waals surface area (Å²) in [6.07, 6.45) is 1.08. The molecule has 1 amide bonds. The highest BCUT2D eigenvalue weighted by Gasteiger charge is 2.24. The Morgan fingerprint density at radius 1 is 1.53 bits per heavy atom. The minimum Gasteiger partial charge on any atom is -0.381 e. The Morgan fingerprint density at radius 2 is 2.29 bits per heavy atom. The van der Waals surface area contributed by atoms with Crippen LogP contribution in [0.25, 0.3) is 0 Å². The van der Waals surface area contributed by atoms with Gasteiger partial charge in [0.15, 0.2) is 0 Å². The summed E-state index contributed by atoms with van der Waals surface area (Å²) in [6.45, 7) is 9.03. The molecule has 2 aliphatic rings. The normalized spacial score (nSPS) is 23.4. The zero-order chi connectivity index (χ0) is 12.3. The maximum Gasteiger partial charge on any atom is 0.249 e. The van der Waals surface area contributed by atoms with E-state index in [0.717, 1.165) is 51.4 Å². The third-order valence-electron chi connectivity index (χ3n) is 3.70. The summed E-state index contributed by atoms with van der Waals surface area (Å²) in [5.74, 6) is 0.729. The first-order valence-electron chi connectivity index (χ1n) is 6.48. The van der Waals surface area contributed by atoms with Gasteiger partial charge in [0.1, 0.15) is 0 Å². The van der Waals surface area contributed by atoms with E-state index in [1.165, 1.54) is 5.57 Å². The molecule has 96 valence electrons. The van der Waals surface area contributed by atoms with Crippen LogP contribution >= 0.6 is 0 Å². The molecule has 0 aromatic heterocycles. The molecule has 1 N–H and O–H groups in total. The molecule has 0 aromatic carbocycles. The van der Waals surface area contributed by atoms with Crippen LogP contribution in [0.1, 0.15) is 20.3 Å². The Balaban J connectivity index is 1.94. The summed E-state index contributed by atoms with van der Waals surface area (Å²) >= 11 is 0. The van der Waals surface area contributed by atoms with Crippen molar-refractivity contribution in [2.45, 2.75) is 20.3 Å². The van der Waals surface area contributed by atoms with Crippen molar-refractivity contribution in [3.8, 4) is 0 Å². The Kier molecular flexibility index (Phi) is 4.18. The van der Waals surface area contributed by atoms with Crippen LogP contribution in [0.5, 0.6) is 0 Å². The smallest absolute Gasteiger partial charge is 0.249 e. The van der Waals surface area contributed by atoms with Gasteiger partial charge >= 0.3 is 0 Å². The fourth-order valence-corrected chi connectivity index (χ4v) is 2.30. The second-order valence-electron chi connectivity index (χ2n) is 4.91. The van der Waals surface area contributed by atoms with Crippen LogP contribution in [-0.4, -0.2) is 50.2 Å². The Labute approximate surface area is 103 Å². The molecular formula is C13H22N2O2. The Morgan fingerprint density at radius 3 is 2.76 bits per heavy atom. The Hall–Kier alpha value is -0.870. The third kappa shape index (κ3) is 2.87. The zero-order valence-electron chi connectivity index (χ0n) is 10.8. The number of carbonyl (C=O) groups is 1. The molecule has 2 fully saturated rings. The van der Waals surface area contributed by atoms with Gasteiger partial charge in [-0.15, -0.1) is 0 Å². The molecule has 2 rings (SSSR count). The van der Waals surface area contributed by atoms with Crippen molar-refractivity contribution >= 4 is 5.91 Å². The quantitative estimate of drug-likeness (QED) is 0.736. The first-order chi connectivity index (χ1) is 8.22. The highest BCUT2D eigenvalue weighted by Crippen LogP contribution is 2.17. The van der Waals surface area contributed by atoms with Gasteiger partial charge in [-0.2, -0.15) is 0 Å². The number of hydrogen-bond donors (Lipinski definition) is 1. The number of amides is 1. The van der Waals surface area contributed by atoms with Gasteiger partial charge < -0.3 is 15.0 Å². The van der Waals surface area contributed by atoms with E-state index in [1.807, 2.05) is 18.7 Å². The molecule has 2 heterocycles. The predicted octanol–water partition coefficient (Wildman–Crippen LogP) is 0.791. The molecule has 0 saturated carbocycles. The van der Waals surface area contributed by atoms with Crippen molar-refractivity contribution < 1.29 is 9.53 Å². The van der Waals surface area contributed by atoms with Gasteiger partial charge in [-0.25, -0.2) is 0 Å². The van der Waals surface area contributed by atoms with Crippen molar-refractivity contribution in [3.05, 3.63) is 11.1 Å². The molecule has 0 radical (unpaired) electrons. The molecule has 2 aliphatic heterocycles. The average Bonchev–Trinajstić information content (AvgIpc) is 2.75. The van der Waals surface area contributed by atoms with E-state index >= 15 is 0 Å². The van der Waals surface area contributed by atoms with E-state index < -0.39 is 0 Å². The number of hydrogen-bond acceptors (Lipinski definition) is 3. The molecule has 0 spiro atoms. The summed E-state index contributed by atoms with van der Waals surface area (Å²) in [4.78, 5) is 14.3. The molecule has 0 bridgehead atoms. The second kappa shape index (κ2) is 5.65. The molecule has 17 heavy (non-hydrogen) atoms. The Bertz CT molecular complexity index is 313. The summed E-state index contributed by atoms with van der Waals surface area (Å²) in [6, 6.07) is 0. The molecule has 4 nitrogen and oxygen atoms in total. The van der Waals surface area contributed by atoms with Crippen molar-refractivity contribution in [3.63, 3.8) is 0 Å². The minimum absolute atomic E-state index is 0.205. The van der Waals surface area contributed by atoms with Gasteiger partial charge in [0.25, 0.3) is 0 Å². The van der Waals surface area contributed by atoms with Crippen LogP contribution in [0.3, 0.4) is 0 Å². The highest BCUT2D eigenvalue weighted by atomic mass is 16.5. The van der Waals surface area contributed by atoms with Gasteiger partial charge in [0.2, 0.25) is 5.91 Å². The topological polar surface area (TPSA) is 41.6 Å². The number of rotatable bonds is 4. The summed E-state index contributed by atoms with van der Waals surface area (Å²) in [7, 11) is 0. The van der Waals surface area contributed by atoms with Crippen LogP contribution in [0, 0.1) is 5.92 Å². The zero-order valence-corrected chi connectivity index (χ0v) is 10.8. The fraction of sp³-hybridized carbons (Fsp3) is 0.769. The first kappa shape index (κ1) is 12.6. The van der Waals surface area contributed by atoms with Crippen molar-refractivity contribution in [1.29, 1.82) is 0 Å². The van der Waals surface area contributed by atoms with Crippen LogP contribution in [0.2, 0.25) is 0 Å². The van der Waals surface area contributed by atoms with E-state index in [2.05, 4.69) is 5.32 Å². The van der Waals surface area contributed by atoms with Gasteiger partial charge in [-0.05, 0) is 25.8 Å². The van der Waals surface area contributed by atoms with Crippen molar-refractivity contribution in [2.24, 2.45) is 5.92 Å². The van der Waals surface area contributed by atoms with Crippen LogP contribution in [0.15, 0.2) is 11.1 Å². The molecule has 0 aromatic rings. The lowest BCUT2D eigenvalue weighted by atomic mass is 10.0. The molecule has 2 saturated heterocycles. The van der Waals surface area contributed by atoms with Crippen molar-refractivity contribution in [2.75, 3.05) is 39.4 Å². The van der Waals surface area contributed by atoms with Crippen LogP contribution in [0.4, 0.5) is 0 Å². The SMILES string of the molecule is CCN(CC1CCOC1)C(=O)C(C)=C1CNC1. The molecule has 4 heteroatoms. The maximum atomic E-state index is 12.3. The number of ether oxygens (including phenoxy) is 1. The summed E-state index contributed by atoms with van der Waals surface area (Å²) in [5.41, 5.74) is 2.20. The van der Waals surface area contributed by atoms with E-state index in [0.29, 0.717) is 5.92 Å². The second-order valence-corrected chi connectivity index (χ2v) is 4.91. The molecule has 0 aliphatic carbocycles.